The number of rotatable bonds is 6. The molecule has 1 aromatic heterocycles. The Hall–Kier alpha value is -7.74. The molecular formula is C56H38N4. The molecule has 0 saturated carbocycles. The second-order valence-corrected chi connectivity index (χ2v) is 16.3. The summed E-state index contributed by atoms with van der Waals surface area (Å²) in [7, 11) is 0. The van der Waals surface area contributed by atoms with Gasteiger partial charge in [0.2, 0.25) is 0 Å². The van der Waals surface area contributed by atoms with E-state index in [0.717, 1.165) is 27.8 Å². The normalized spacial score (nSPS) is 13.8. The highest BCUT2D eigenvalue weighted by molar-refractivity contribution is 5.91. The zero-order valence-corrected chi connectivity index (χ0v) is 33.3. The average molecular weight is 767 g/mol. The third-order valence-corrected chi connectivity index (χ3v) is 12.6. The summed E-state index contributed by atoms with van der Waals surface area (Å²) >= 11 is 0. The second kappa shape index (κ2) is 13.7. The van der Waals surface area contributed by atoms with Crippen LogP contribution in [0.15, 0.2) is 194 Å². The molecule has 0 atom stereocenters. The highest BCUT2D eigenvalue weighted by atomic mass is 15.0. The quantitative estimate of drug-likeness (QED) is 0.169. The first-order valence-electron chi connectivity index (χ1n) is 20.4. The molecule has 0 unspecified atom stereocenters. The summed E-state index contributed by atoms with van der Waals surface area (Å²) in [5.74, 6) is 1.90. The van der Waals surface area contributed by atoms with E-state index in [1.165, 1.54) is 55.6 Å². The number of fused-ring (bicyclic) bond motifs is 6. The van der Waals surface area contributed by atoms with Gasteiger partial charge in [-0.1, -0.05) is 178 Å². The van der Waals surface area contributed by atoms with Gasteiger partial charge in [0.25, 0.3) is 0 Å². The first kappa shape index (κ1) is 35.4. The summed E-state index contributed by atoms with van der Waals surface area (Å²) < 4.78 is 0. The van der Waals surface area contributed by atoms with E-state index in [-0.39, 0.29) is 5.41 Å². The van der Waals surface area contributed by atoms with Crippen molar-refractivity contribution >= 4 is 0 Å². The molecule has 4 heteroatoms. The molecule has 0 aliphatic heterocycles. The summed E-state index contributed by atoms with van der Waals surface area (Å²) in [6.45, 7) is 4.54. The van der Waals surface area contributed by atoms with Crippen LogP contribution >= 0.6 is 0 Å². The van der Waals surface area contributed by atoms with E-state index >= 15 is 0 Å². The summed E-state index contributed by atoms with van der Waals surface area (Å²) in [5.41, 5.74) is 17.0. The molecule has 0 N–H and O–H groups in total. The van der Waals surface area contributed by atoms with E-state index < -0.39 is 5.41 Å². The van der Waals surface area contributed by atoms with Crippen molar-refractivity contribution in [2.45, 2.75) is 24.7 Å². The number of nitriles is 1. The highest BCUT2D eigenvalue weighted by Crippen LogP contribution is 2.58. The average Bonchev–Trinajstić information content (AvgIpc) is 3.74. The fourth-order valence-electron chi connectivity index (χ4n) is 9.73. The fourth-order valence-corrected chi connectivity index (χ4v) is 9.73. The van der Waals surface area contributed by atoms with E-state index in [1.807, 2.05) is 66.7 Å². The number of benzene rings is 8. The Balaban J connectivity index is 1.12. The molecule has 1 heterocycles. The zero-order valence-electron chi connectivity index (χ0n) is 33.3. The van der Waals surface area contributed by atoms with Gasteiger partial charge in [0.05, 0.1) is 17.0 Å². The molecule has 0 bridgehead atoms. The van der Waals surface area contributed by atoms with E-state index in [4.69, 9.17) is 15.0 Å². The van der Waals surface area contributed by atoms with Crippen LogP contribution in [0.4, 0.5) is 0 Å². The van der Waals surface area contributed by atoms with Gasteiger partial charge in [-0.05, 0) is 97.1 Å². The molecule has 0 spiro atoms. The summed E-state index contributed by atoms with van der Waals surface area (Å²) in [6.07, 6.45) is 0. The Labute approximate surface area is 350 Å². The minimum atomic E-state index is -0.642. The lowest BCUT2D eigenvalue weighted by molar-refractivity contribution is 0.660. The lowest BCUT2D eigenvalue weighted by Gasteiger charge is -2.34. The van der Waals surface area contributed by atoms with Crippen molar-refractivity contribution in [1.29, 1.82) is 5.26 Å². The lowest BCUT2D eigenvalue weighted by Crippen LogP contribution is -2.28. The van der Waals surface area contributed by atoms with Gasteiger partial charge in [0.15, 0.2) is 17.5 Å². The predicted molar refractivity (Wildman–Crippen MR) is 241 cm³/mol. The molecule has 2 aliphatic rings. The van der Waals surface area contributed by atoms with Crippen LogP contribution in [0, 0.1) is 11.3 Å². The van der Waals surface area contributed by atoms with Crippen molar-refractivity contribution in [2.24, 2.45) is 0 Å². The molecule has 60 heavy (non-hydrogen) atoms. The van der Waals surface area contributed by atoms with Crippen molar-refractivity contribution in [3.63, 3.8) is 0 Å². The van der Waals surface area contributed by atoms with E-state index in [0.29, 0.717) is 23.0 Å². The fraction of sp³-hybridized carbons (Fsp3) is 0.0714. The van der Waals surface area contributed by atoms with Gasteiger partial charge in [0.1, 0.15) is 0 Å². The minimum absolute atomic E-state index is 0.246. The van der Waals surface area contributed by atoms with Crippen LogP contribution in [0.2, 0.25) is 0 Å². The molecule has 0 saturated heterocycles. The molecule has 11 rings (SSSR count). The monoisotopic (exact) mass is 766 g/mol. The van der Waals surface area contributed by atoms with E-state index in [2.05, 4.69) is 147 Å². The van der Waals surface area contributed by atoms with Crippen LogP contribution in [0.25, 0.3) is 67.5 Å². The molecule has 0 fully saturated rings. The van der Waals surface area contributed by atoms with Crippen LogP contribution in [0.3, 0.4) is 0 Å². The van der Waals surface area contributed by atoms with Crippen molar-refractivity contribution < 1.29 is 0 Å². The second-order valence-electron chi connectivity index (χ2n) is 16.3. The summed E-state index contributed by atoms with van der Waals surface area (Å²) in [5, 5.41) is 9.72. The topological polar surface area (TPSA) is 62.5 Å². The van der Waals surface area contributed by atoms with Crippen LogP contribution in [-0.2, 0) is 10.8 Å². The maximum atomic E-state index is 9.72. The smallest absolute Gasteiger partial charge is 0.164 e. The third kappa shape index (κ3) is 5.40. The summed E-state index contributed by atoms with van der Waals surface area (Å²) in [4.78, 5) is 15.3. The molecular weight excluding hydrogens is 729 g/mol. The first-order chi connectivity index (χ1) is 29.4. The van der Waals surface area contributed by atoms with Gasteiger partial charge in [-0.2, -0.15) is 5.26 Å². The van der Waals surface area contributed by atoms with Gasteiger partial charge in [-0.15, -0.1) is 0 Å². The zero-order chi connectivity index (χ0) is 40.4. The van der Waals surface area contributed by atoms with Gasteiger partial charge < -0.3 is 0 Å². The number of nitrogens with zero attached hydrogens (tertiary/aromatic N) is 4. The van der Waals surface area contributed by atoms with Gasteiger partial charge in [-0.25, -0.2) is 15.0 Å². The maximum Gasteiger partial charge on any atom is 0.164 e. The summed E-state index contributed by atoms with van der Waals surface area (Å²) in [6, 6.07) is 71.2. The number of hydrogen-bond acceptors (Lipinski definition) is 4. The SMILES string of the molecule is CC1(C)c2cc(C#N)ccc2-c2ccc(-c3ccc4c(c3)C(c3ccccc3)(c3ccccc3)c3cc(-c5nc(-c6ccccc6)nc(-c6ccccc6)n5)ccc3-4)cc21. The van der Waals surface area contributed by atoms with Gasteiger partial charge in [-0.3, -0.25) is 0 Å². The Kier molecular flexibility index (Phi) is 8.08. The molecule has 8 aromatic carbocycles. The Morgan fingerprint density at radius 2 is 0.733 bits per heavy atom. The van der Waals surface area contributed by atoms with Crippen molar-refractivity contribution in [3.05, 3.63) is 233 Å². The van der Waals surface area contributed by atoms with Gasteiger partial charge >= 0.3 is 0 Å². The van der Waals surface area contributed by atoms with Crippen molar-refractivity contribution in [1.82, 2.24) is 15.0 Å². The van der Waals surface area contributed by atoms with E-state index in [9.17, 15) is 5.26 Å². The predicted octanol–water partition coefficient (Wildman–Crippen LogP) is 13.1. The molecule has 2 aliphatic carbocycles. The van der Waals surface area contributed by atoms with Crippen LogP contribution in [0.5, 0.6) is 0 Å². The Bertz CT molecular complexity index is 3070. The third-order valence-electron chi connectivity index (χ3n) is 12.6. The largest absolute Gasteiger partial charge is 0.208 e. The number of aromatic nitrogens is 3. The molecule has 4 nitrogen and oxygen atoms in total. The van der Waals surface area contributed by atoms with Gasteiger partial charge in [0, 0.05) is 22.1 Å². The lowest BCUT2D eigenvalue weighted by atomic mass is 9.67. The minimum Gasteiger partial charge on any atom is -0.208 e. The molecule has 0 amide bonds. The molecule has 282 valence electrons. The molecule has 9 aromatic rings. The standard InChI is InChI=1S/C56H38N4/c1-55(2)48-31-36(35-57)23-27-44(48)45-28-24-39(32-49(45)55)40-25-29-46-47-30-26-41(54-59-52(37-15-7-3-8-16-37)58-53(60-54)38-17-9-4-10-18-38)34-51(47)56(50(46)33-40,42-19-11-5-12-20-42)43-21-13-6-14-22-43/h3-34H,1-2H3. The van der Waals surface area contributed by atoms with Crippen molar-refractivity contribution in [3.8, 4) is 73.6 Å². The van der Waals surface area contributed by atoms with Crippen LogP contribution < -0.4 is 0 Å². The van der Waals surface area contributed by atoms with E-state index in [1.54, 1.807) is 0 Å². The number of hydrogen-bond donors (Lipinski definition) is 0. The van der Waals surface area contributed by atoms with Crippen LogP contribution in [0.1, 0.15) is 52.8 Å². The maximum absolute atomic E-state index is 9.72. The Morgan fingerprint density at radius 3 is 1.22 bits per heavy atom. The Morgan fingerprint density at radius 1 is 0.367 bits per heavy atom. The highest BCUT2D eigenvalue weighted by Gasteiger charge is 2.46. The van der Waals surface area contributed by atoms with Crippen molar-refractivity contribution in [2.75, 3.05) is 0 Å². The first-order valence-corrected chi connectivity index (χ1v) is 20.4. The van der Waals surface area contributed by atoms with Crippen LogP contribution in [-0.4, -0.2) is 15.0 Å². The molecule has 0 radical (unpaired) electrons.